The molecule has 0 atom stereocenters. The zero-order valence-corrected chi connectivity index (χ0v) is 18.4. The smallest absolute Gasteiger partial charge is 0.325 e. The van der Waals surface area contributed by atoms with Gasteiger partial charge in [0, 0.05) is 5.56 Å². The molecule has 0 fully saturated rings. The first-order chi connectivity index (χ1) is 14.9. The number of fused-ring (bicyclic) bond motifs is 1. The van der Waals surface area contributed by atoms with Gasteiger partial charge in [0.15, 0.2) is 17.0 Å². The number of aromatic nitrogens is 3. The quantitative estimate of drug-likeness (QED) is 0.517. The van der Waals surface area contributed by atoms with Gasteiger partial charge in [-0.2, -0.15) is 5.10 Å². The number of aryl methyl sites for hydroxylation is 1. The molecule has 1 aromatic carbocycles. The molecule has 0 aliphatic rings. The lowest BCUT2D eigenvalue weighted by atomic mass is 10.1. The molecule has 164 valence electrons. The number of nitrogens with zero attached hydrogens (tertiary/aromatic N) is 3. The summed E-state index contributed by atoms with van der Waals surface area (Å²) in [7, 11) is 3.06. The second-order valence-electron chi connectivity index (χ2n) is 6.37. The molecule has 2 heterocycles. The fourth-order valence-corrected chi connectivity index (χ4v) is 3.84. The van der Waals surface area contributed by atoms with Crippen LogP contribution in [0.5, 0.6) is 11.5 Å². The summed E-state index contributed by atoms with van der Waals surface area (Å²) in [6, 6.07) is 5.26. The van der Waals surface area contributed by atoms with Gasteiger partial charge in [-0.05, 0) is 32.0 Å². The van der Waals surface area contributed by atoms with E-state index < -0.39 is 17.4 Å². The Hall–Kier alpha value is -3.47. The Morgan fingerprint density at radius 2 is 1.94 bits per heavy atom. The number of rotatable bonds is 8. The van der Waals surface area contributed by atoms with Crippen molar-refractivity contribution in [3.05, 3.63) is 33.6 Å². The fraction of sp³-hybridized carbons (Fsp3) is 0.350. The minimum absolute atomic E-state index is 0.213. The number of amides is 1. The van der Waals surface area contributed by atoms with Crippen LogP contribution in [0.25, 0.3) is 21.5 Å². The summed E-state index contributed by atoms with van der Waals surface area (Å²) in [4.78, 5) is 40.9. The highest BCUT2D eigenvalue weighted by Crippen LogP contribution is 2.35. The molecular weight excluding hydrogens is 424 g/mol. The lowest BCUT2D eigenvalue weighted by molar-refractivity contribution is -0.143. The number of thiazole rings is 1. The Morgan fingerprint density at radius 1 is 1.19 bits per heavy atom. The SMILES string of the molecule is CCOC(=O)CNC(=O)Cn1nc(-c2ccc(OC)c(OC)c2)c2sc(C)nc2c1=O. The molecule has 0 aliphatic heterocycles. The van der Waals surface area contributed by atoms with E-state index in [1.807, 2.05) is 0 Å². The lowest BCUT2D eigenvalue weighted by Gasteiger charge is -2.11. The summed E-state index contributed by atoms with van der Waals surface area (Å²) in [5.41, 5.74) is 0.890. The molecule has 0 aliphatic carbocycles. The average Bonchev–Trinajstić information content (AvgIpc) is 3.16. The largest absolute Gasteiger partial charge is 0.493 e. The monoisotopic (exact) mass is 446 g/mol. The maximum Gasteiger partial charge on any atom is 0.325 e. The highest BCUT2D eigenvalue weighted by Gasteiger charge is 2.19. The lowest BCUT2D eigenvalue weighted by Crippen LogP contribution is -2.37. The summed E-state index contributed by atoms with van der Waals surface area (Å²) < 4.78 is 17.1. The Bertz CT molecular complexity index is 1190. The maximum atomic E-state index is 12.9. The zero-order valence-electron chi connectivity index (χ0n) is 17.6. The van der Waals surface area contributed by atoms with E-state index in [0.717, 1.165) is 4.68 Å². The third kappa shape index (κ3) is 4.82. The Labute approximate surface area is 181 Å². The summed E-state index contributed by atoms with van der Waals surface area (Å²) in [6.45, 7) is 3.01. The molecule has 3 aromatic rings. The van der Waals surface area contributed by atoms with Crippen LogP contribution in [0.1, 0.15) is 11.9 Å². The molecule has 1 N–H and O–H groups in total. The fourth-order valence-electron chi connectivity index (χ4n) is 2.92. The van der Waals surface area contributed by atoms with E-state index >= 15 is 0 Å². The van der Waals surface area contributed by atoms with E-state index in [2.05, 4.69) is 15.4 Å². The first kappa shape index (κ1) is 22.2. The molecular formula is C20H22N4O6S. The van der Waals surface area contributed by atoms with Gasteiger partial charge in [0.05, 0.1) is 30.5 Å². The predicted molar refractivity (Wildman–Crippen MR) is 115 cm³/mol. The molecule has 11 heteroatoms. The number of carbonyl (C=O) groups excluding carboxylic acids is 2. The Kier molecular flexibility index (Phi) is 6.85. The van der Waals surface area contributed by atoms with Gasteiger partial charge in [-0.15, -0.1) is 11.3 Å². The third-order valence-corrected chi connectivity index (χ3v) is 5.27. The first-order valence-electron chi connectivity index (χ1n) is 9.40. The van der Waals surface area contributed by atoms with Gasteiger partial charge in [0.1, 0.15) is 18.8 Å². The van der Waals surface area contributed by atoms with E-state index in [1.54, 1.807) is 32.0 Å². The minimum Gasteiger partial charge on any atom is -0.493 e. The number of carbonyl (C=O) groups is 2. The van der Waals surface area contributed by atoms with Crippen LogP contribution in [0.3, 0.4) is 0 Å². The van der Waals surface area contributed by atoms with E-state index in [9.17, 15) is 14.4 Å². The van der Waals surface area contributed by atoms with Gasteiger partial charge in [0.25, 0.3) is 5.56 Å². The average molecular weight is 446 g/mol. The van der Waals surface area contributed by atoms with Crippen molar-refractivity contribution < 1.29 is 23.8 Å². The molecule has 31 heavy (non-hydrogen) atoms. The van der Waals surface area contributed by atoms with Crippen molar-refractivity contribution in [1.29, 1.82) is 0 Å². The van der Waals surface area contributed by atoms with Gasteiger partial charge in [-0.25, -0.2) is 9.67 Å². The predicted octanol–water partition coefficient (Wildman–Crippen LogP) is 1.52. The zero-order chi connectivity index (χ0) is 22.5. The van der Waals surface area contributed by atoms with E-state index in [0.29, 0.717) is 32.5 Å². The number of hydrogen-bond acceptors (Lipinski definition) is 9. The Morgan fingerprint density at radius 3 is 2.61 bits per heavy atom. The second-order valence-corrected chi connectivity index (χ2v) is 7.58. The molecule has 1 amide bonds. The van der Waals surface area contributed by atoms with Gasteiger partial charge in [0.2, 0.25) is 5.91 Å². The van der Waals surface area contributed by atoms with Crippen LogP contribution in [-0.4, -0.2) is 54.0 Å². The van der Waals surface area contributed by atoms with Crippen molar-refractivity contribution in [3.8, 4) is 22.8 Å². The normalized spacial score (nSPS) is 10.7. The molecule has 0 radical (unpaired) electrons. The summed E-state index contributed by atoms with van der Waals surface area (Å²) in [5, 5.41) is 7.54. The standard InChI is InChI=1S/C20H22N4O6S/c1-5-30-16(26)9-21-15(25)10-24-20(27)18-19(31-11(2)22-18)17(23-24)12-6-7-13(28-3)14(8-12)29-4/h6-8H,5,9-10H2,1-4H3,(H,21,25). The van der Waals surface area contributed by atoms with Crippen molar-refractivity contribution >= 4 is 33.4 Å². The molecule has 0 saturated heterocycles. The summed E-state index contributed by atoms with van der Waals surface area (Å²) >= 11 is 1.34. The van der Waals surface area contributed by atoms with Crippen LogP contribution < -0.4 is 20.3 Å². The molecule has 10 nitrogen and oxygen atoms in total. The topological polar surface area (TPSA) is 122 Å². The third-order valence-electron chi connectivity index (χ3n) is 4.29. The second kappa shape index (κ2) is 9.56. The summed E-state index contributed by atoms with van der Waals surface area (Å²) in [5.74, 6) is -0.0595. The van der Waals surface area contributed by atoms with Gasteiger partial charge < -0.3 is 19.5 Å². The highest BCUT2D eigenvalue weighted by molar-refractivity contribution is 7.19. The van der Waals surface area contributed by atoms with Crippen LogP contribution in [-0.2, 0) is 20.9 Å². The van der Waals surface area contributed by atoms with Crippen molar-refractivity contribution in [3.63, 3.8) is 0 Å². The molecule has 3 rings (SSSR count). The van der Waals surface area contributed by atoms with Gasteiger partial charge in [-0.1, -0.05) is 0 Å². The van der Waals surface area contributed by atoms with Crippen LogP contribution >= 0.6 is 11.3 Å². The van der Waals surface area contributed by atoms with Gasteiger partial charge in [-0.3, -0.25) is 14.4 Å². The number of hydrogen-bond donors (Lipinski definition) is 1. The molecule has 0 spiro atoms. The number of methoxy groups -OCH3 is 2. The molecule has 0 saturated carbocycles. The minimum atomic E-state index is -0.562. The van der Waals surface area contributed by atoms with E-state index in [1.165, 1.54) is 25.6 Å². The van der Waals surface area contributed by atoms with Crippen molar-refractivity contribution in [2.24, 2.45) is 0 Å². The highest BCUT2D eigenvalue weighted by atomic mass is 32.1. The van der Waals surface area contributed by atoms with Crippen molar-refractivity contribution in [2.45, 2.75) is 20.4 Å². The summed E-state index contributed by atoms with van der Waals surface area (Å²) in [6.07, 6.45) is 0. The van der Waals surface area contributed by atoms with Gasteiger partial charge >= 0.3 is 5.97 Å². The van der Waals surface area contributed by atoms with Crippen LogP contribution in [0.2, 0.25) is 0 Å². The van der Waals surface area contributed by atoms with Crippen molar-refractivity contribution in [1.82, 2.24) is 20.1 Å². The number of ether oxygens (including phenoxy) is 3. The van der Waals surface area contributed by atoms with Crippen LogP contribution in [0, 0.1) is 6.92 Å². The first-order valence-corrected chi connectivity index (χ1v) is 10.2. The number of benzene rings is 1. The van der Waals surface area contributed by atoms with E-state index in [4.69, 9.17) is 14.2 Å². The van der Waals surface area contributed by atoms with E-state index in [-0.39, 0.29) is 25.2 Å². The van der Waals surface area contributed by atoms with Crippen molar-refractivity contribution in [2.75, 3.05) is 27.4 Å². The molecule has 0 unspecified atom stereocenters. The number of nitrogens with one attached hydrogen (secondary N) is 1. The Balaban J connectivity index is 2.01. The number of esters is 1. The maximum absolute atomic E-state index is 12.9. The molecule has 0 bridgehead atoms. The molecule has 2 aromatic heterocycles. The van der Waals surface area contributed by atoms with Crippen LogP contribution in [0.4, 0.5) is 0 Å². The van der Waals surface area contributed by atoms with Crippen LogP contribution in [0.15, 0.2) is 23.0 Å².